The quantitative estimate of drug-likeness (QED) is 0.773. The number of nitrogens with zero attached hydrogens (tertiary/aromatic N) is 2. The van der Waals surface area contributed by atoms with E-state index >= 15 is 0 Å². The topological polar surface area (TPSA) is 48.4 Å². The largest absolute Gasteiger partial charge is 0.395 e. The first kappa shape index (κ1) is 16.2. The van der Waals surface area contributed by atoms with Gasteiger partial charge < -0.3 is 15.3 Å². The highest BCUT2D eigenvalue weighted by molar-refractivity contribution is 5.43. The fourth-order valence-electron chi connectivity index (χ4n) is 3.15. The van der Waals surface area contributed by atoms with Crippen molar-refractivity contribution in [2.75, 3.05) is 24.6 Å². The molecule has 2 N–H and O–H groups in total. The molecule has 0 aliphatic heterocycles. The fourth-order valence-corrected chi connectivity index (χ4v) is 3.15. The van der Waals surface area contributed by atoms with Crippen molar-refractivity contribution in [3.05, 3.63) is 23.9 Å². The van der Waals surface area contributed by atoms with Gasteiger partial charge in [0.2, 0.25) is 0 Å². The minimum atomic E-state index is 0.187. The molecule has 1 heterocycles. The van der Waals surface area contributed by atoms with Gasteiger partial charge >= 0.3 is 0 Å². The van der Waals surface area contributed by atoms with Gasteiger partial charge in [0.25, 0.3) is 0 Å². The van der Waals surface area contributed by atoms with Gasteiger partial charge in [0, 0.05) is 24.8 Å². The van der Waals surface area contributed by atoms with E-state index in [-0.39, 0.29) is 6.61 Å². The second-order valence-electron chi connectivity index (χ2n) is 5.98. The van der Waals surface area contributed by atoms with Gasteiger partial charge in [0.15, 0.2) is 0 Å². The Kier molecular flexibility index (Phi) is 6.46. The van der Waals surface area contributed by atoms with Crippen LogP contribution >= 0.6 is 0 Å². The zero-order valence-electron chi connectivity index (χ0n) is 13.4. The molecule has 1 aliphatic rings. The highest BCUT2D eigenvalue weighted by Crippen LogP contribution is 2.28. The van der Waals surface area contributed by atoms with Crippen molar-refractivity contribution in [2.24, 2.45) is 0 Å². The van der Waals surface area contributed by atoms with E-state index in [4.69, 9.17) is 0 Å². The number of hydrogen-bond acceptors (Lipinski definition) is 4. The number of anilines is 1. The van der Waals surface area contributed by atoms with Crippen LogP contribution in [-0.2, 0) is 0 Å². The zero-order valence-corrected chi connectivity index (χ0v) is 13.4. The second kappa shape index (κ2) is 8.35. The normalized spacial score (nSPS) is 17.1. The third-order valence-electron chi connectivity index (χ3n) is 4.37. The predicted octanol–water partition coefficient (Wildman–Crippen LogP) is 2.88. The van der Waals surface area contributed by atoms with Crippen LogP contribution in [0.4, 0.5) is 5.82 Å². The summed E-state index contributed by atoms with van der Waals surface area (Å²) in [5.74, 6) is 1.01. The Hall–Kier alpha value is -1.13. The van der Waals surface area contributed by atoms with Gasteiger partial charge in [-0.15, -0.1) is 0 Å². The third kappa shape index (κ3) is 4.42. The van der Waals surface area contributed by atoms with Crippen LogP contribution < -0.4 is 10.2 Å². The molecular formula is C17H29N3O. The maximum atomic E-state index is 9.37. The van der Waals surface area contributed by atoms with Crippen molar-refractivity contribution in [1.29, 1.82) is 0 Å². The van der Waals surface area contributed by atoms with Gasteiger partial charge in [-0.25, -0.2) is 4.98 Å². The molecule has 1 aliphatic carbocycles. The molecule has 2 rings (SSSR count). The van der Waals surface area contributed by atoms with Gasteiger partial charge in [-0.1, -0.05) is 19.8 Å². The molecule has 1 saturated carbocycles. The van der Waals surface area contributed by atoms with Crippen LogP contribution in [0, 0.1) is 0 Å². The summed E-state index contributed by atoms with van der Waals surface area (Å²) < 4.78 is 0. The number of aliphatic hydroxyl groups is 1. The van der Waals surface area contributed by atoms with Gasteiger partial charge in [-0.3, -0.25) is 0 Å². The SMILES string of the molecule is CCCNC(C)c1ccnc(N(CCO)C2CCCC2)c1. The summed E-state index contributed by atoms with van der Waals surface area (Å²) in [4.78, 5) is 6.85. The predicted molar refractivity (Wildman–Crippen MR) is 87.6 cm³/mol. The van der Waals surface area contributed by atoms with Crippen molar-refractivity contribution in [3.63, 3.8) is 0 Å². The average Bonchev–Trinajstić information content (AvgIpc) is 3.04. The molecule has 0 bridgehead atoms. The number of aromatic nitrogens is 1. The molecule has 118 valence electrons. The van der Waals surface area contributed by atoms with E-state index in [1.807, 2.05) is 6.20 Å². The Balaban J connectivity index is 2.12. The summed E-state index contributed by atoms with van der Waals surface area (Å²) in [7, 11) is 0. The first-order valence-corrected chi connectivity index (χ1v) is 8.33. The van der Waals surface area contributed by atoms with Crippen LogP contribution in [0.1, 0.15) is 57.6 Å². The molecule has 0 amide bonds. The first-order chi connectivity index (χ1) is 10.3. The molecule has 21 heavy (non-hydrogen) atoms. The molecule has 1 aromatic heterocycles. The van der Waals surface area contributed by atoms with Crippen LogP contribution in [0.15, 0.2) is 18.3 Å². The van der Waals surface area contributed by atoms with Gasteiger partial charge in [0.05, 0.1) is 6.61 Å². The molecule has 0 aromatic carbocycles. The Morgan fingerprint density at radius 1 is 1.43 bits per heavy atom. The van der Waals surface area contributed by atoms with Crippen LogP contribution in [0.2, 0.25) is 0 Å². The van der Waals surface area contributed by atoms with Gasteiger partial charge in [-0.05, 0) is 50.4 Å². The molecule has 1 atom stereocenters. The van der Waals surface area contributed by atoms with Crippen molar-refractivity contribution < 1.29 is 5.11 Å². The fraction of sp³-hybridized carbons (Fsp3) is 0.706. The lowest BCUT2D eigenvalue weighted by molar-refractivity contribution is 0.297. The number of aliphatic hydroxyl groups excluding tert-OH is 1. The Morgan fingerprint density at radius 2 is 2.19 bits per heavy atom. The zero-order chi connectivity index (χ0) is 15.1. The van der Waals surface area contributed by atoms with E-state index < -0.39 is 0 Å². The Morgan fingerprint density at radius 3 is 2.86 bits per heavy atom. The number of hydrogen-bond donors (Lipinski definition) is 2. The summed E-state index contributed by atoms with van der Waals surface area (Å²) in [6, 6.07) is 5.15. The third-order valence-corrected chi connectivity index (χ3v) is 4.37. The lowest BCUT2D eigenvalue weighted by Gasteiger charge is -2.30. The van der Waals surface area contributed by atoms with Crippen molar-refractivity contribution in [1.82, 2.24) is 10.3 Å². The van der Waals surface area contributed by atoms with E-state index in [1.54, 1.807) is 0 Å². The number of nitrogens with one attached hydrogen (secondary N) is 1. The lowest BCUT2D eigenvalue weighted by Crippen LogP contribution is -2.36. The van der Waals surface area contributed by atoms with E-state index in [2.05, 4.69) is 41.2 Å². The van der Waals surface area contributed by atoms with E-state index in [9.17, 15) is 5.11 Å². The molecule has 4 nitrogen and oxygen atoms in total. The van der Waals surface area contributed by atoms with Crippen LogP contribution in [-0.4, -0.2) is 35.8 Å². The molecule has 0 spiro atoms. The summed E-state index contributed by atoms with van der Waals surface area (Å²) in [5, 5.41) is 12.9. The summed E-state index contributed by atoms with van der Waals surface area (Å²) in [6.07, 6.45) is 8.06. The molecule has 1 unspecified atom stereocenters. The molecule has 0 saturated heterocycles. The molecular weight excluding hydrogens is 262 g/mol. The van der Waals surface area contributed by atoms with Crippen LogP contribution in [0.25, 0.3) is 0 Å². The van der Waals surface area contributed by atoms with E-state index in [0.717, 1.165) is 18.8 Å². The summed E-state index contributed by atoms with van der Waals surface area (Å²) in [5.41, 5.74) is 1.27. The van der Waals surface area contributed by atoms with Crippen molar-refractivity contribution in [2.45, 2.75) is 58.0 Å². The summed E-state index contributed by atoms with van der Waals surface area (Å²) >= 11 is 0. The maximum Gasteiger partial charge on any atom is 0.129 e. The molecule has 4 heteroatoms. The van der Waals surface area contributed by atoms with E-state index in [0.29, 0.717) is 18.6 Å². The summed E-state index contributed by atoms with van der Waals surface area (Å²) in [6.45, 7) is 6.27. The monoisotopic (exact) mass is 291 g/mol. The highest BCUT2D eigenvalue weighted by atomic mass is 16.3. The second-order valence-corrected chi connectivity index (χ2v) is 5.98. The standard InChI is InChI=1S/C17H29N3O/c1-3-9-18-14(2)15-8-10-19-17(13-15)20(11-12-21)16-6-4-5-7-16/h8,10,13-14,16,18,21H,3-7,9,11-12H2,1-2H3. The number of pyridine rings is 1. The average molecular weight is 291 g/mol. The molecule has 1 fully saturated rings. The van der Waals surface area contributed by atoms with Gasteiger partial charge in [-0.2, -0.15) is 0 Å². The Bertz CT molecular complexity index is 418. The highest BCUT2D eigenvalue weighted by Gasteiger charge is 2.23. The number of rotatable bonds is 8. The molecule has 0 radical (unpaired) electrons. The van der Waals surface area contributed by atoms with E-state index in [1.165, 1.54) is 31.2 Å². The van der Waals surface area contributed by atoms with Crippen LogP contribution in [0.5, 0.6) is 0 Å². The van der Waals surface area contributed by atoms with Crippen molar-refractivity contribution >= 4 is 5.82 Å². The lowest BCUT2D eigenvalue weighted by atomic mass is 10.1. The Labute approximate surface area is 128 Å². The smallest absolute Gasteiger partial charge is 0.129 e. The minimum absolute atomic E-state index is 0.187. The van der Waals surface area contributed by atoms with Crippen LogP contribution in [0.3, 0.4) is 0 Å². The molecule has 1 aromatic rings. The first-order valence-electron chi connectivity index (χ1n) is 8.33. The maximum absolute atomic E-state index is 9.37. The van der Waals surface area contributed by atoms with Gasteiger partial charge in [0.1, 0.15) is 5.82 Å². The van der Waals surface area contributed by atoms with Crippen molar-refractivity contribution in [3.8, 4) is 0 Å². The minimum Gasteiger partial charge on any atom is -0.395 e.